The molecule has 21 heavy (non-hydrogen) atoms. The minimum Gasteiger partial charge on any atom is -0.336 e. The molecule has 116 valence electrons. The maximum atomic E-state index is 12.0. The number of likely N-dealkylation sites (N-methyl/N-ethyl adjacent to an activating group) is 1. The predicted molar refractivity (Wildman–Crippen MR) is 85.3 cm³/mol. The predicted octanol–water partition coefficient (Wildman–Crippen LogP) is 2.71. The van der Waals surface area contributed by atoms with Crippen LogP contribution in [0.15, 0.2) is 24.5 Å². The zero-order valence-corrected chi connectivity index (χ0v) is 13.2. The molecule has 2 N–H and O–H groups in total. The van der Waals surface area contributed by atoms with Gasteiger partial charge in [0, 0.05) is 18.3 Å². The van der Waals surface area contributed by atoms with Gasteiger partial charge < -0.3 is 15.5 Å². The highest BCUT2D eigenvalue weighted by Gasteiger charge is 2.37. The summed E-state index contributed by atoms with van der Waals surface area (Å²) in [6, 6.07) is 3.47. The highest BCUT2D eigenvalue weighted by molar-refractivity contribution is 5.89. The average molecular weight is 290 g/mol. The lowest BCUT2D eigenvalue weighted by atomic mass is 9.75. The molecule has 1 aliphatic rings. The molecule has 2 rings (SSSR count). The number of nitrogens with one attached hydrogen (secondary N) is 2. The van der Waals surface area contributed by atoms with Gasteiger partial charge in [-0.3, -0.25) is 4.98 Å². The third kappa shape index (κ3) is 4.17. The summed E-state index contributed by atoms with van der Waals surface area (Å²) in [5.74, 6) is 0.712. The van der Waals surface area contributed by atoms with Crippen LogP contribution in [0.2, 0.25) is 0 Å². The topological polar surface area (TPSA) is 57.3 Å². The normalized spacial score (nSPS) is 25.6. The first-order valence-corrected chi connectivity index (χ1v) is 7.64. The van der Waals surface area contributed by atoms with E-state index in [4.69, 9.17) is 0 Å². The zero-order chi connectivity index (χ0) is 15.3. The maximum absolute atomic E-state index is 12.0. The van der Waals surface area contributed by atoms with Crippen LogP contribution < -0.4 is 10.6 Å². The molecule has 1 saturated carbocycles. The first kappa shape index (κ1) is 15.8. The largest absolute Gasteiger partial charge is 0.336 e. The molecule has 0 aromatic carbocycles. The molecule has 1 aromatic rings. The van der Waals surface area contributed by atoms with Gasteiger partial charge in [-0.05, 0) is 45.0 Å². The van der Waals surface area contributed by atoms with Crippen LogP contribution in [0.3, 0.4) is 0 Å². The van der Waals surface area contributed by atoms with E-state index in [0.29, 0.717) is 18.2 Å². The van der Waals surface area contributed by atoms with Gasteiger partial charge in [0.2, 0.25) is 0 Å². The summed E-state index contributed by atoms with van der Waals surface area (Å²) in [5, 5.41) is 5.84. The molecule has 0 saturated heterocycles. The Labute approximate surface area is 127 Å². The lowest BCUT2D eigenvalue weighted by Gasteiger charge is -2.45. The van der Waals surface area contributed by atoms with Gasteiger partial charge in [0.25, 0.3) is 0 Å². The van der Waals surface area contributed by atoms with Crippen molar-refractivity contribution in [1.29, 1.82) is 0 Å². The van der Waals surface area contributed by atoms with Gasteiger partial charge in [-0.25, -0.2) is 4.79 Å². The van der Waals surface area contributed by atoms with Crippen LogP contribution in [0.1, 0.15) is 32.6 Å². The molecular formula is C16H26N4O. The number of amides is 2. The fourth-order valence-electron chi connectivity index (χ4n) is 3.21. The molecular weight excluding hydrogens is 264 g/mol. The summed E-state index contributed by atoms with van der Waals surface area (Å²) in [4.78, 5) is 18.3. The van der Waals surface area contributed by atoms with Crippen LogP contribution in [-0.4, -0.2) is 42.1 Å². The Kier molecular flexibility index (Phi) is 5.17. The second kappa shape index (κ2) is 6.89. The summed E-state index contributed by atoms with van der Waals surface area (Å²) >= 11 is 0. The SMILES string of the molecule is C[C@@H]1CCC[C@](CNC(=O)Nc2cccnc2)(N(C)C)C1. The fraction of sp³-hybridized carbons (Fsp3) is 0.625. The van der Waals surface area contributed by atoms with E-state index in [9.17, 15) is 4.79 Å². The molecule has 0 spiro atoms. The smallest absolute Gasteiger partial charge is 0.319 e. The van der Waals surface area contributed by atoms with Crippen LogP contribution in [-0.2, 0) is 0 Å². The molecule has 0 bridgehead atoms. The Morgan fingerprint density at radius 1 is 1.52 bits per heavy atom. The van der Waals surface area contributed by atoms with Crippen molar-refractivity contribution in [2.45, 2.75) is 38.1 Å². The molecule has 2 amide bonds. The van der Waals surface area contributed by atoms with Crippen LogP contribution in [0.4, 0.5) is 10.5 Å². The molecule has 5 nitrogen and oxygen atoms in total. The number of pyridine rings is 1. The van der Waals surface area contributed by atoms with Crippen molar-refractivity contribution in [3.05, 3.63) is 24.5 Å². The number of aromatic nitrogens is 1. The summed E-state index contributed by atoms with van der Waals surface area (Å²) in [7, 11) is 4.22. The van der Waals surface area contributed by atoms with E-state index in [1.165, 1.54) is 12.8 Å². The van der Waals surface area contributed by atoms with Crippen molar-refractivity contribution >= 4 is 11.7 Å². The van der Waals surface area contributed by atoms with E-state index in [1.807, 2.05) is 6.07 Å². The van der Waals surface area contributed by atoms with E-state index in [-0.39, 0.29) is 11.6 Å². The molecule has 0 radical (unpaired) electrons. The molecule has 1 aliphatic carbocycles. The summed E-state index contributed by atoms with van der Waals surface area (Å²) in [6.07, 6.45) is 8.12. The van der Waals surface area contributed by atoms with Crippen molar-refractivity contribution < 1.29 is 4.79 Å². The lowest BCUT2D eigenvalue weighted by Crippen LogP contribution is -2.55. The van der Waals surface area contributed by atoms with Gasteiger partial charge >= 0.3 is 6.03 Å². The van der Waals surface area contributed by atoms with Gasteiger partial charge in [-0.1, -0.05) is 19.8 Å². The fourth-order valence-corrected chi connectivity index (χ4v) is 3.21. The van der Waals surface area contributed by atoms with Crippen molar-refractivity contribution in [2.75, 3.05) is 26.0 Å². The van der Waals surface area contributed by atoms with E-state index in [1.54, 1.807) is 18.5 Å². The average Bonchev–Trinajstić information content (AvgIpc) is 2.46. The van der Waals surface area contributed by atoms with Gasteiger partial charge in [0.15, 0.2) is 0 Å². The number of anilines is 1. The Hall–Kier alpha value is -1.62. The highest BCUT2D eigenvalue weighted by Crippen LogP contribution is 2.35. The third-order valence-electron chi connectivity index (χ3n) is 4.51. The minimum absolute atomic E-state index is 0.0734. The Balaban J connectivity index is 1.91. The molecule has 1 aromatic heterocycles. The standard InChI is InChI=1S/C16H26N4O/c1-13-6-4-8-16(10-13,20(2)3)12-18-15(21)19-14-7-5-9-17-11-14/h5,7,9,11,13H,4,6,8,10,12H2,1-3H3,(H2,18,19,21)/t13-,16+/m1/s1. The number of hydrogen-bond acceptors (Lipinski definition) is 3. The van der Waals surface area contributed by atoms with E-state index < -0.39 is 0 Å². The second-order valence-electron chi connectivity index (χ2n) is 6.37. The van der Waals surface area contributed by atoms with E-state index in [0.717, 1.165) is 12.8 Å². The van der Waals surface area contributed by atoms with Crippen molar-refractivity contribution in [3.63, 3.8) is 0 Å². The Morgan fingerprint density at radius 3 is 2.95 bits per heavy atom. The van der Waals surface area contributed by atoms with Crippen molar-refractivity contribution in [2.24, 2.45) is 5.92 Å². The monoisotopic (exact) mass is 290 g/mol. The molecule has 0 unspecified atom stereocenters. The molecule has 0 aliphatic heterocycles. The molecule has 2 atom stereocenters. The summed E-state index contributed by atoms with van der Waals surface area (Å²) in [5.41, 5.74) is 0.787. The van der Waals surface area contributed by atoms with Gasteiger partial charge in [-0.15, -0.1) is 0 Å². The van der Waals surface area contributed by atoms with Crippen molar-refractivity contribution in [3.8, 4) is 0 Å². The number of hydrogen-bond donors (Lipinski definition) is 2. The zero-order valence-electron chi connectivity index (χ0n) is 13.2. The molecule has 5 heteroatoms. The quantitative estimate of drug-likeness (QED) is 0.896. The third-order valence-corrected chi connectivity index (χ3v) is 4.51. The number of carbonyl (C=O) groups is 1. The van der Waals surface area contributed by atoms with E-state index in [2.05, 4.69) is 41.5 Å². The number of rotatable bonds is 4. The summed E-state index contributed by atoms with van der Waals surface area (Å²) in [6.45, 7) is 2.98. The lowest BCUT2D eigenvalue weighted by molar-refractivity contribution is 0.0779. The maximum Gasteiger partial charge on any atom is 0.319 e. The number of urea groups is 1. The van der Waals surface area contributed by atoms with Crippen LogP contribution in [0.25, 0.3) is 0 Å². The van der Waals surface area contributed by atoms with E-state index >= 15 is 0 Å². The minimum atomic E-state index is -0.164. The number of carbonyl (C=O) groups excluding carboxylic acids is 1. The van der Waals surface area contributed by atoms with Crippen LogP contribution in [0.5, 0.6) is 0 Å². The molecule has 1 fully saturated rings. The highest BCUT2D eigenvalue weighted by atomic mass is 16.2. The van der Waals surface area contributed by atoms with Crippen LogP contribution in [0, 0.1) is 5.92 Å². The second-order valence-corrected chi connectivity index (χ2v) is 6.37. The molecule has 1 heterocycles. The van der Waals surface area contributed by atoms with Gasteiger partial charge in [0.1, 0.15) is 0 Å². The first-order chi connectivity index (χ1) is 10.0. The first-order valence-electron chi connectivity index (χ1n) is 7.64. The van der Waals surface area contributed by atoms with Gasteiger partial charge in [-0.2, -0.15) is 0 Å². The van der Waals surface area contributed by atoms with Crippen LogP contribution >= 0.6 is 0 Å². The summed E-state index contributed by atoms with van der Waals surface area (Å²) < 4.78 is 0. The Morgan fingerprint density at radius 2 is 2.33 bits per heavy atom. The van der Waals surface area contributed by atoms with Gasteiger partial charge in [0.05, 0.1) is 11.9 Å². The Bertz CT molecular complexity index is 463. The van der Waals surface area contributed by atoms with Crippen molar-refractivity contribution in [1.82, 2.24) is 15.2 Å². The number of nitrogens with zero attached hydrogens (tertiary/aromatic N) is 2.